The van der Waals surface area contributed by atoms with Crippen LogP contribution in [0.15, 0.2) is 29.2 Å². The summed E-state index contributed by atoms with van der Waals surface area (Å²) in [7, 11) is 0. The van der Waals surface area contributed by atoms with Gasteiger partial charge in [0.05, 0.1) is 0 Å². The van der Waals surface area contributed by atoms with Gasteiger partial charge < -0.3 is 5.73 Å². The van der Waals surface area contributed by atoms with Gasteiger partial charge in [0.15, 0.2) is 0 Å². The first kappa shape index (κ1) is 15.4. The molecule has 5 heteroatoms. The average molecular weight is 277 g/mol. The molecule has 2 N–H and O–H groups in total. The molecule has 1 atom stereocenters. The summed E-state index contributed by atoms with van der Waals surface area (Å²) in [4.78, 5) is 0.209. The normalized spacial score (nSPS) is 13.9. The maximum absolute atomic E-state index is 12.4. The van der Waals surface area contributed by atoms with Crippen LogP contribution >= 0.6 is 11.8 Å². The fourth-order valence-electron chi connectivity index (χ4n) is 1.67. The highest BCUT2D eigenvalue weighted by molar-refractivity contribution is 8.00. The van der Waals surface area contributed by atoms with Crippen LogP contribution < -0.4 is 5.73 Å². The van der Waals surface area contributed by atoms with Gasteiger partial charge in [-0.05, 0) is 42.2 Å². The zero-order valence-corrected chi connectivity index (χ0v) is 11.3. The molecule has 0 unspecified atom stereocenters. The molecule has 0 spiro atoms. The van der Waals surface area contributed by atoms with Crippen molar-refractivity contribution in [1.29, 1.82) is 0 Å². The summed E-state index contributed by atoms with van der Waals surface area (Å²) >= 11 is -0.0901. The van der Waals surface area contributed by atoms with Gasteiger partial charge in [-0.3, -0.25) is 0 Å². The lowest BCUT2D eigenvalue weighted by molar-refractivity contribution is -0.0328. The molecule has 102 valence electrons. The van der Waals surface area contributed by atoms with Crippen molar-refractivity contribution in [3.8, 4) is 0 Å². The summed E-state index contributed by atoms with van der Waals surface area (Å²) in [5, 5.41) is 0. The second kappa shape index (κ2) is 6.48. The molecular weight excluding hydrogens is 259 g/mol. The molecule has 0 aliphatic carbocycles. The Labute approximate surface area is 110 Å². The van der Waals surface area contributed by atoms with Crippen LogP contribution in [0.4, 0.5) is 13.2 Å². The van der Waals surface area contributed by atoms with Gasteiger partial charge >= 0.3 is 5.51 Å². The fraction of sp³-hybridized carbons (Fsp3) is 0.538. The first-order chi connectivity index (χ1) is 8.29. The van der Waals surface area contributed by atoms with Crippen LogP contribution in [0.5, 0.6) is 0 Å². The first-order valence-corrected chi connectivity index (χ1v) is 6.71. The molecule has 1 aromatic rings. The number of thioether (sulfide) groups is 1. The van der Waals surface area contributed by atoms with Crippen molar-refractivity contribution in [2.75, 3.05) is 0 Å². The van der Waals surface area contributed by atoms with Crippen molar-refractivity contribution in [3.63, 3.8) is 0 Å². The summed E-state index contributed by atoms with van der Waals surface area (Å²) in [6.07, 6.45) is 1.61. The number of nitrogens with two attached hydrogens (primary N) is 1. The van der Waals surface area contributed by atoms with Crippen molar-refractivity contribution >= 4 is 11.8 Å². The summed E-state index contributed by atoms with van der Waals surface area (Å²) in [6.45, 7) is 4.15. The Morgan fingerprint density at radius 1 is 1.17 bits per heavy atom. The summed E-state index contributed by atoms with van der Waals surface area (Å²) in [5.74, 6) is 0.499. The van der Waals surface area contributed by atoms with E-state index in [0.717, 1.165) is 6.42 Å². The van der Waals surface area contributed by atoms with Crippen molar-refractivity contribution in [3.05, 3.63) is 29.8 Å². The molecule has 0 bridgehead atoms. The molecule has 0 fully saturated rings. The number of benzene rings is 1. The molecular formula is C13H18F3NS. The van der Waals surface area contributed by atoms with E-state index >= 15 is 0 Å². The van der Waals surface area contributed by atoms with Gasteiger partial charge in [0.2, 0.25) is 0 Å². The van der Waals surface area contributed by atoms with Crippen molar-refractivity contribution in [2.24, 2.45) is 11.7 Å². The van der Waals surface area contributed by atoms with Gasteiger partial charge in [0.1, 0.15) is 0 Å². The second-order valence-electron chi connectivity index (χ2n) is 4.66. The summed E-state index contributed by atoms with van der Waals surface area (Å²) in [5.41, 5.74) is 2.30. The van der Waals surface area contributed by atoms with Gasteiger partial charge in [-0.1, -0.05) is 32.0 Å². The molecule has 0 aromatic heterocycles. The lowest BCUT2D eigenvalue weighted by atomic mass is 9.98. The third-order valence-corrected chi connectivity index (χ3v) is 3.42. The van der Waals surface area contributed by atoms with E-state index < -0.39 is 5.51 Å². The fourth-order valence-corrected chi connectivity index (χ4v) is 2.41. The highest BCUT2D eigenvalue weighted by Crippen LogP contribution is 2.40. The third-order valence-electron chi connectivity index (χ3n) is 2.60. The minimum atomic E-state index is -4.27. The summed E-state index contributed by atoms with van der Waals surface area (Å²) in [6, 6.07) is 6.15. The van der Waals surface area contributed by atoms with Crippen molar-refractivity contribution in [2.45, 2.75) is 43.1 Å². The topological polar surface area (TPSA) is 26.0 Å². The Morgan fingerprint density at radius 3 is 2.33 bits per heavy atom. The molecule has 0 saturated heterocycles. The van der Waals surface area contributed by atoms with Crippen LogP contribution in [0.3, 0.4) is 0 Å². The van der Waals surface area contributed by atoms with Crippen molar-refractivity contribution < 1.29 is 13.2 Å². The molecule has 0 aliphatic heterocycles. The highest BCUT2D eigenvalue weighted by Gasteiger charge is 2.30. The molecule has 0 radical (unpaired) electrons. The largest absolute Gasteiger partial charge is 0.446 e. The van der Waals surface area contributed by atoms with Gasteiger partial charge in [-0.2, -0.15) is 13.2 Å². The van der Waals surface area contributed by atoms with Gasteiger partial charge in [-0.15, -0.1) is 0 Å². The van der Waals surface area contributed by atoms with E-state index in [2.05, 4.69) is 13.8 Å². The van der Waals surface area contributed by atoms with Gasteiger partial charge in [-0.25, -0.2) is 0 Å². The lowest BCUT2D eigenvalue weighted by Gasteiger charge is -2.17. The number of halogens is 3. The SMILES string of the molecule is CC(C)CC[C@H](N)c1ccccc1SC(F)(F)F. The Balaban J connectivity index is 2.81. The predicted octanol–water partition coefficient (Wildman–Crippen LogP) is 4.73. The molecule has 0 amide bonds. The van der Waals surface area contributed by atoms with Crippen LogP contribution in [0.25, 0.3) is 0 Å². The molecule has 1 nitrogen and oxygen atoms in total. The molecule has 1 rings (SSSR count). The third kappa shape index (κ3) is 5.31. The highest BCUT2D eigenvalue weighted by atomic mass is 32.2. The monoisotopic (exact) mass is 277 g/mol. The van der Waals surface area contributed by atoms with Gasteiger partial charge in [0, 0.05) is 10.9 Å². The minimum Gasteiger partial charge on any atom is -0.324 e. The van der Waals surface area contributed by atoms with E-state index in [1.807, 2.05) is 0 Å². The Bertz CT molecular complexity index is 377. The van der Waals surface area contributed by atoms with Crippen LogP contribution in [0.1, 0.15) is 38.3 Å². The standard InChI is InChI=1S/C13H18F3NS/c1-9(2)7-8-11(17)10-5-3-4-6-12(10)18-13(14,15)16/h3-6,9,11H,7-8,17H2,1-2H3/t11-/m0/s1. The number of hydrogen-bond donors (Lipinski definition) is 1. The predicted molar refractivity (Wildman–Crippen MR) is 69.4 cm³/mol. The van der Waals surface area contributed by atoms with E-state index in [1.165, 1.54) is 6.07 Å². The smallest absolute Gasteiger partial charge is 0.324 e. The van der Waals surface area contributed by atoms with E-state index in [1.54, 1.807) is 18.2 Å². The minimum absolute atomic E-state index is 0.0901. The molecule has 0 saturated carbocycles. The Morgan fingerprint density at radius 2 is 1.78 bits per heavy atom. The molecule has 1 aromatic carbocycles. The van der Waals surface area contributed by atoms with Crippen LogP contribution in [0.2, 0.25) is 0 Å². The van der Waals surface area contributed by atoms with E-state index in [-0.39, 0.29) is 22.7 Å². The lowest BCUT2D eigenvalue weighted by Crippen LogP contribution is -2.13. The van der Waals surface area contributed by atoms with E-state index in [4.69, 9.17) is 5.73 Å². The van der Waals surface area contributed by atoms with E-state index in [0.29, 0.717) is 17.9 Å². The zero-order valence-electron chi connectivity index (χ0n) is 10.5. The van der Waals surface area contributed by atoms with Crippen LogP contribution in [-0.4, -0.2) is 5.51 Å². The van der Waals surface area contributed by atoms with Crippen LogP contribution in [0, 0.1) is 5.92 Å². The van der Waals surface area contributed by atoms with Gasteiger partial charge in [0.25, 0.3) is 0 Å². The molecule has 0 heterocycles. The maximum atomic E-state index is 12.4. The zero-order chi connectivity index (χ0) is 13.8. The average Bonchev–Trinajstić information content (AvgIpc) is 2.24. The quantitative estimate of drug-likeness (QED) is 0.787. The number of rotatable bonds is 5. The maximum Gasteiger partial charge on any atom is 0.446 e. The molecule has 18 heavy (non-hydrogen) atoms. The van der Waals surface area contributed by atoms with Crippen LogP contribution in [-0.2, 0) is 0 Å². The number of alkyl halides is 3. The summed E-state index contributed by atoms with van der Waals surface area (Å²) < 4.78 is 37.3. The Kier molecular flexibility index (Phi) is 5.53. The van der Waals surface area contributed by atoms with Crippen molar-refractivity contribution in [1.82, 2.24) is 0 Å². The molecule has 0 aliphatic rings. The number of hydrogen-bond acceptors (Lipinski definition) is 2. The first-order valence-electron chi connectivity index (χ1n) is 5.90. The van der Waals surface area contributed by atoms with E-state index in [9.17, 15) is 13.2 Å². The second-order valence-corrected chi connectivity index (χ2v) is 5.77. The Hall–Kier alpha value is -0.680.